The lowest BCUT2D eigenvalue weighted by molar-refractivity contribution is -0.130. The molecule has 0 radical (unpaired) electrons. The predicted octanol–water partition coefficient (Wildman–Crippen LogP) is 6.99. The molecule has 0 aromatic heterocycles. The number of amides is 1. The number of nitrogens with one attached hydrogen (secondary N) is 2. The van der Waals surface area contributed by atoms with Gasteiger partial charge in [0.05, 0.1) is 6.61 Å². The van der Waals surface area contributed by atoms with E-state index >= 15 is 0 Å². The largest absolute Gasteiger partial charge is 0.494 e. The van der Waals surface area contributed by atoms with Gasteiger partial charge in [-0.2, -0.15) is 0 Å². The fourth-order valence-electron chi connectivity index (χ4n) is 4.96. The van der Waals surface area contributed by atoms with Crippen molar-refractivity contribution >= 4 is 55.3 Å². The molecule has 0 saturated heterocycles. The second-order valence-corrected chi connectivity index (χ2v) is 12.6. The zero-order chi connectivity index (χ0) is 30.9. The molecule has 0 aliphatic carbocycles. The highest BCUT2D eigenvalue weighted by atomic mass is 79.9. The number of carbonyl (C=O) groups excluding carboxylic acids is 1. The van der Waals surface area contributed by atoms with Crippen LogP contribution in [0.15, 0.2) is 111 Å². The van der Waals surface area contributed by atoms with Gasteiger partial charge in [0, 0.05) is 45.5 Å². The summed E-state index contributed by atoms with van der Waals surface area (Å²) in [6.07, 6.45) is 0.817. The van der Waals surface area contributed by atoms with E-state index in [0.29, 0.717) is 42.7 Å². The standard InChI is InChI=1S/C34H32Br2ClN3O4/c35-27-12-8-24(9-13-27)31-34(22-26-4-1-2-5-30(26)36,33(42)40-38-19-18-23-6-14-28(37)15-7-23)39-32(44-31)25-10-16-29(17-11-25)43-21-3-20-41/h1-2,4-17,31,38,41H,3,18-22H2,(H,40,42)/t31-,34-/m0/s1. The van der Waals surface area contributed by atoms with Gasteiger partial charge in [-0.3, -0.25) is 10.2 Å². The Bertz CT molecular complexity index is 1580. The quantitative estimate of drug-likeness (QED) is 0.102. The van der Waals surface area contributed by atoms with Crippen LogP contribution in [0, 0.1) is 0 Å². The molecule has 0 spiro atoms. The van der Waals surface area contributed by atoms with E-state index < -0.39 is 11.6 Å². The van der Waals surface area contributed by atoms with Crippen molar-refractivity contribution in [3.8, 4) is 5.75 Å². The molecule has 1 aliphatic rings. The van der Waals surface area contributed by atoms with Gasteiger partial charge in [0.15, 0.2) is 11.6 Å². The van der Waals surface area contributed by atoms with Gasteiger partial charge in [0.1, 0.15) is 5.75 Å². The summed E-state index contributed by atoms with van der Waals surface area (Å²) in [7, 11) is 0. The van der Waals surface area contributed by atoms with Gasteiger partial charge < -0.3 is 14.6 Å². The lowest BCUT2D eigenvalue weighted by Gasteiger charge is -2.31. The molecule has 10 heteroatoms. The zero-order valence-electron chi connectivity index (χ0n) is 23.8. The second-order valence-electron chi connectivity index (χ2n) is 10.4. The summed E-state index contributed by atoms with van der Waals surface area (Å²) in [5.74, 6) is 0.729. The molecule has 4 aromatic rings. The van der Waals surface area contributed by atoms with Crippen molar-refractivity contribution in [2.24, 2.45) is 4.99 Å². The molecule has 0 unspecified atom stereocenters. The van der Waals surface area contributed by atoms with Crippen LogP contribution in [0.25, 0.3) is 0 Å². The molecule has 0 bridgehead atoms. The summed E-state index contributed by atoms with van der Waals surface area (Å²) in [6.45, 7) is 0.994. The van der Waals surface area contributed by atoms with Crippen LogP contribution < -0.4 is 15.6 Å². The first kappa shape index (κ1) is 32.2. The molecule has 1 heterocycles. The second kappa shape index (κ2) is 15.2. The van der Waals surface area contributed by atoms with Crippen LogP contribution in [0.2, 0.25) is 5.02 Å². The summed E-state index contributed by atoms with van der Waals surface area (Å²) in [6, 6.07) is 30.6. The third-order valence-corrected chi connectivity index (χ3v) is 8.83. The molecule has 5 rings (SSSR count). The summed E-state index contributed by atoms with van der Waals surface area (Å²) in [4.78, 5) is 19.4. The summed E-state index contributed by atoms with van der Waals surface area (Å²) in [5.41, 5.74) is 8.27. The Morgan fingerprint density at radius 2 is 1.70 bits per heavy atom. The number of nitrogens with zero attached hydrogens (tertiary/aromatic N) is 1. The number of benzene rings is 4. The molecule has 3 N–H and O–H groups in total. The fraction of sp³-hybridized carbons (Fsp3) is 0.235. The number of hydrazine groups is 1. The van der Waals surface area contributed by atoms with Crippen molar-refractivity contribution in [1.82, 2.24) is 10.9 Å². The third-order valence-electron chi connectivity index (χ3n) is 7.27. The first-order valence-electron chi connectivity index (χ1n) is 14.3. The molecular weight excluding hydrogens is 710 g/mol. The number of rotatable bonds is 13. The van der Waals surface area contributed by atoms with Gasteiger partial charge in [-0.1, -0.05) is 85.9 Å². The van der Waals surface area contributed by atoms with Gasteiger partial charge in [-0.05, 0) is 77.7 Å². The van der Waals surface area contributed by atoms with Crippen LogP contribution in [0.5, 0.6) is 5.75 Å². The maximum atomic E-state index is 14.3. The van der Waals surface area contributed by atoms with Crippen LogP contribution >= 0.6 is 43.5 Å². The monoisotopic (exact) mass is 739 g/mol. The normalized spacial score (nSPS) is 17.5. The summed E-state index contributed by atoms with van der Waals surface area (Å²) >= 11 is 13.2. The maximum Gasteiger partial charge on any atom is 0.266 e. The molecule has 7 nitrogen and oxygen atoms in total. The van der Waals surface area contributed by atoms with Gasteiger partial charge in [0.2, 0.25) is 5.90 Å². The number of hydrogen-bond donors (Lipinski definition) is 3. The molecule has 0 saturated carbocycles. The first-order chi connectivity index (χ1) is 21.4. The highest BCUT2D eigenvalue weighted by Gasteiger charge is 2.53. The van der Waals surface area contributed by atoms with Crippen molar-refractivity contribution in [1.29, 1.82) is 0 Å². The highest BCUT2D eigenvalue weighted by Crippen LogP contribution is 2.43. The Labute approximate surface area is 278 Å². The summed E-state index contributed by atoms with van der Waals surface area (Å²) in [5, 5.41) is 9.73. The van der Waals surface area contributed by atoms with Crippen molar-refractivity contribution in [3.05, 3.63) is 133 Å². The number of ether oxygens (including phenoxy) is 2. The van der Waals surface area contributed by atoms with E-state index in [9.17, 15) is 4.79 Å². The molecule has 228 valence electrons. The van der Waals surface area contributed by atoms with Crippen molar-refractivity contribution in [2.45, 2.75) is 30.9 Å². The average molecular weight is 742 g/mol. The van der Waals surface area contributed by atoms with E-state index in [1.54, 1.807) is 0 Å². The Kier molecular flexibility index (Phi) is 11.1. The Balaban J connectivity index is 1.47. The zero-order valence-corrected chi connectivity index (χ0v) is 27.7. The van der Waals surface area contributed by atoms with Crippen molar-refractivity contribution in [2.75, 3.05) is 19.8 Å². The van der Waals surface area contributed by atoms with E-state index in [4.69, 9.17) is 31.2 Å². The predicted molar refractivity (Wildman–Crippen MR) is 180 cm³/mol. The SMILES string of the molecule is O=C(NNCCc1ccc(Cl)cc1)[C@@]1(Cc2ccccc2Br)N=C(c2ccc(OCCCO)cc2)O[C@H]1c1ccc(Br)cc1. The van der Waals surface area contributed by atoms with E-state index in [1.165, 1.54) is 0 Å². The average Bonchev–Trinajstić information content (AvgIpc) is 3.42. The van der Waals surface area contributed by atoms with Crippen LogP contribution in [0.4, 0.5) is 0 Å². The van der Waals surface area contributed by atoms with Gasteiger partial charge in [-0.25, -0.2) is 10.4 Å². The smallest absolute Gasteiger partial charge is 0.266 e. The molecule has 1 amide bonds. The summed E-state index contributed by atoms with van der Waals surface area (Å²) < 4.78 is 14.1. The van der Waals surface area contributed by atoms with E-state index in [-0.39, 0.29) is 18.9 Å². The van der Waals surface area contributed by atoms with Crippen LogP contribution in [-0.2, 0) is 22.4 Å². The molecule has 2 atom stereocenters. The Hall–Kier alpha value is -3.21. The van der Waals surface area contributed by atoms with Gasteiger partial charge in [-0.15, -0.1) is 0 Å². The number of hydrogen-bond acceptors (Lipinski definition) is 6. The van der Waals surface area contributed by atoms with Crippen LogP contribution in [0.3, 0.4) is 0 Å². The fourth-order valence-corrected chi connectivity index (χ4v) is 5.78. The number of carbonyl (C=O) groups is 1. The maximum absolute atomic E-state index is 14.3. The Morgan fingerprint density at radius 1 is 0.977 bits per heavy atom. The molecule has 4 aromatic carbocycles. The lowest BCUT2D eigenvalue weighted by Crippen LogP contribution is -2.54. The van der Waals surface area contributed by atoms with E-state index in [2.05, 4.69) is 42.7 Å². The first-order valence-corrected chi connectivity index (χ1v) is 16.2. The molecule has 44 heavy (non-hydrogen) atoms. The van der Waals surface area contributed by atoms with E-state index in [1.807, 2.05) is 97.1 Å². The topological polar surface area (TPSA) is 92.2 Å². The minimum absolute atomic E-state index is 0.0673. The van der Waals surface area contributed by atoms with E-state index in [0.717, 1.165) is 31.2 Å². The van der Waals surface area contributed by atoms with Crippen LogP contribution in [0.1, 0.15) is 34.8 Å². The van der Waals surface area contributed by atoms with Crippen molar-refractivity contribution in [3.63, 3.8) is 0 Å². The third kappa shape index (κ3) is 7.89. The van der Waals surface area contributed by atoms with Gasteiger partial charge in [0.25, 0.3) is 5.91 Å². The minimum Gasteiger partial charge on any atom is -0.494 e. The Morgan fingerprint density at radius 3 is 2.41 bits per heavy atom. The highest BCUT2D eigenvalue weighted by molar-refractivity contribution is 9.10. The van der Waals surface area contributed by atoms with Gasteiger partial charge >= 0.3 is 0 Å². The van der Waals surface area contributed by atoms with Crippen LogP contribution in [-0.4, -0.2) is 42.2 Å². The number of aliphatic imine (C=N–C) groups is 1. The molecular formula is C34H32Br2ClN3O4. The number of aliphatic hydroxyl groups excluding tert-OH is 1. The van der Waals surface area contributed by atoms with Crippen molar-refractivity contribution < 1.29 is 19.4 Å². The molecule has 0 fully saturated rings. The lowest BCUT2D eigenvalue weighted by atomic mass is 9.82. The molecule has 1 aliphatic heterocycles. The number of aliphatic hydroxyl groups is 1. The number of halogens is 3. The minimum atomic E-state index is -1.34.